The van der Waals surface area contributed by atoms with Crippen molar-refractivity contribution in [1.29, 1.82) is 0 Å². The number of hydrogen-bond donors (Lipinski definition) is 3. The van der Waals surface area contributed by atoms with Gasteiger partial charge in [0.2, 0.25) is 0 Å². The predicted molar refractivity (Wildman–Crippen MR) is 24.7 cm³/mol. The minimum Gasteiger partial charge on any atom is -0.328 e. The van der Waals surface area contributed by atoms with Crippen LogP contribution in [-0.4, -0.2) is 14.7 Å². The van der Waals surface area contributed by atoms with Crippen molar-refractivity contribution in [2.75, 3.05) is 0 Å². The SMILES string of the molecule is OP(O)O.P. The van der Waals surface area contributed by atoms with Crippen LogP contribution in [-0.2, 0) is 0 Å². The molecule has 5 heavy (non-hydrogen) atoms. The van der Waals surface area contributed by atoms with E-state index >= 15 is 0 Å². The Labute approximate surface area is 34.3 Å². The second-order valence-corrected chi connectivity index (χ2v) is 0.805. The molecule has 0 amide bonds. The Morgan fingerprint density at radius 3 is 1.00 bits per heavy atom. The van der Waals surface area contributed by atoms with Crippen molar-refractivity contribution < 1.29 is 14.7 Å². The lowest BCUT2D eigenvalue weighted by Gasteiger charge is -1.76. The van der Waals surface area contributed by atoms with Crippen molar-refractivity contribution >= 4 is 18.5 Å². The zero-order valence-electron chi connectivity index (χ0n) is 2.50. The van der Waals surface area contributed by atoms with Gasteiger partial charge in [-0.1, -0.05) is 0 Å². The van der Waals surface area contributed by atoms with Gasteiger partial charge in [0.15, 0.2) is 0 Å². The summed E-state index contributed by atoms with van der Waals surface area (Å²) < 4.78 is 0. The van der Waals surface area contributed by atoms with E-state index in [1.807, 2.05) is 0 Å². The summed E-state index contributed by atoms with van der Waals surface area (Å²) in [6, 6.07) is 0. The average Bonchev–Trinajstić information content (AvgIpc) is 0.811. The quantitative estimate of drug-likeness (QED) is 0.365. The Morgan fingerprint density at radius 2 is 1.00 bits per heavy atom. The van der Waals surface area contributed by atoms with Crippen molar-refractivity contribution in [2.45, 2.75) is 0 Å². The molecule has 34 valence electrons. The Balaban J connectivity index is 0. The van der Waals surface area contributed by atoms with Gasteiger partial charge in [-0.25, -0.2) is 0 Å². The van der Waals surface area contributed by atoms with E-state index in [2.05, 4.69) is 0 Å². The van der Waals surface area contributed by atoms with Crippen LogP contribution in [0.15, 0.2) is 0 Å². The highest BCUT2D eigenvalue weighted by Gasteiger charge is 1.76. The third-order valence-electron chi connectivity index (χ3n) is 0. The lowest BCUT2D eigenvalue weighted by atomic mass is 15.8. The van der Waals surface area contributed by atoms with Gasteiger partial charge in [-0.3, -0.25) is 0 Å². The van der Waals surface area contributed by atoms with Crippen molar-refractivity contribution in [1.82, 2.24) is 0 Å². The third-order valence-corrected chi connectivity index (χ3v) is 0. The first-order valence-corrected chi connectivity index (χ1v) is 1.80. The Bertz CT molecular complexity index is 9.61. The van der Waals surface area contributed by atoms with E-state index in [4.69, 9.17) is 14.7 Å². The minimum atomic E-state index is -2.62. The Morgan fingerprint density at radius 1 is 1.00 bits per heavy atom. The summed E-state index contributed by atoms with van der Waals surface area (Å²) in [6.45, 7) is 0. The molecule has 5 heteroatoms. The molecule has 0 fully saturated rings. The van der Waals surface area contributed by atoms with Crippen LogP contribution < -0.4 is 0 Å². The smallest absolute Gasteiger partial charge is 0.324 e. The molecule has 0 bridgehead atoms. The molecule has 0 aromatic rings. The fourth-order valence-electron chi connectivity index (χ4n) is 0. The molecule has 0 aliphatic rings. The van der Waals surface area contributed by atoms with Crippen LogP contribution in [0, 0.1) is 0 Å². The van der Waals surface area contributed by atoms with Gasteiger partial charge in [-0.2, -0.15) is 9.90 Å². The first-order valence-electron chi connectivity index (χ1n) is 0.600. The van der Waals surface area contributed by atoms with Gasteiger partial charge in [0.25, 0.3) is 0 Å². The molecule has 0 aromatic carbocycles. The molecule has 0 aliphatic carbocycles. The Kier molecular flexibility index (Phi) is 8.74. The van der Waals surface area contributed by atoms with Crippen LogP contribution in [0.4, 0.5) is 0 Å². The van der Waals surface area contributed by atoms with Crippen LogP contribution >= 0.6 is 18.5 Å². The van der Waals surface area contributed by atoms with Gasteiger partial charge in [-0.15, -0.1) is 0 Å². The molecule has 0 aromatic heterocycles. The first kappa shape index (κ1) is 9.22. The molecule has 0 rings (SSSR count). The van der Waals surface area contributed by atoms with Crippen LogP contribution in [0.1, 0.15) is 0 Å². The standard InChI is InChI=1S/H3O3P.H3P/c1-4(2)3;/h1-3H;1H3. The van der Waals surface area contributed by atoms with Gasteiger partial charge in [0.1, 0.15) is 0 Å². The maximum atomic E-state index is 7.23. The molecule has 0 radical (unpaired) electrons. The summed E-state index contributed by atoms with van der Waals surface area (Å²) in [5.41, 5.74) is 0. The summed E-state index contributed by atoms with van der Waals surface area (Å²) in [7, 11) is -2.62. The maximum Gasteiger partial charge on any atom is 0.324 e. The zero-order valence-corrected chi connectivity index (χ0v) is 4.80. The fraction of sp³-hybridized carbons (Fsp3) is 0. The predicted octanol–water partition coefficient (Wildman–Crippen LogP) is -0.752. The Hall–Kier alpha value is 0.740. The summed E-state index contributed by atoms with van der Waals surface area (Å²) in [5.74, 6) is 0. The van der Waals surface area contributed by atoms with Crippen LogP contribution in [0.3, 0.4) is 0 Å². The highest BCUT2D eigenvalue weighted by molar-refractivity contribution is 7.38. The number of rotatable bonds is 0. The van der Waals surface area contributed by atoms with Gasteiger partial charge in [0, 0.05) is 0 Å². The first-order chi connectivity index (χ1) is 1.73. The molecule has 1 atom stereocenters. The minimum absolute atomic E-state index is 0. The van der Waals surface area contributed by atoms with Crippen molar-refractivity contribution in [3.63, 3.8) is 0 Å². The van der Waals surface area contributed by atoms with Gasteiger partial charge in [0.05, 0.1) is 0 Å². The second-order valence-electron chi connectivity index (χ2n) is 0.268. The normalized spacial score (nSPS) is 7.20. The van der Waals surface area contributed by atoms with Gasteiger partial charge < -0.3 is 14.7 Å². The molecule has 0 heterocycles. The van der Waals surface area contributed by atoms with Crippen molar-refractivity contribution in [3.05, 3.63) is 0 Å². The molecular formula is H6O3P2. The van der Waals surface area contributed by atoms with Crippen LogP contribution in [0.5, 0.6) is 0 Å². The van der Waals surface area contributed by atoms with E-state index in [1.54, 1.807) is 0 Å². The number of hydrogen-bond acceptors (Lipinski definition) is 3. The lowest BCUT2D eigenvalue weighted by molar-refractivity contribution is 0.368. The molecule has 1 unspecified atom stereocenters. The maximum absolute atomic E-state index is 7.23. The highest BCUT2D eigenvalue weighted by atomic mass is 31.2. The molecule has 0 spiro atoms. The van der Waals surface area contributed by atoms with E-state index in [1.165, 1.54) is 0 Å². The molecule has 0 saturated carbocycles. The zero-order chi connectivity index (χ0) is 3.58. The van der Waals surface area contributed by atoms with Crippen LogP contribution in [0.25, 0.3) is 0 Å². The van der Waals surface area contributed by atoms with E-state index in [9.17, 15) is 0 Å². The van der Waals surface area contributed by atoms with E-state index in [0.29, 0.717) is 0 Å². The van der Waals surface area contributed by atoms with Crippen molar-refractivity contribution in [2.24, 2.45) is 0 Å². The molecular weight excluding hydrogens is 110 g/mol. The summed E-state index contributed by atoms with van der Waals surface area (Å²) in [4.78, 5) is 21.7. The third kappa shape index (κ3) is 65.0. The van der Waals surface area contributed by atoms with E-state index < -0.39 is 8.60 Å². The van der Waals surface area contributed by atoms with Gasteiger partial charge in [-0.05, 0) is 0 Å². The second kappa shape index (κ2) is 4.74. The summed E-state index contributed by atoms with van der Waals surface area (Å²) in [5, 5.41) is 0. The summed E-state index contributed by atoms with van der Waals surface area (Å²) >= 11 is 0. The van der Waals surface area contributed by atoms with Crippen molar-refractivity contribution in [3.8, 4) is 0 Å². The van der Waals surface area contributed by atoms with E-state index in [0.717, 1.165) is 0 Å². The molecule has 3 nitrogen and oxygen atoms in total. The van der Waals surface area contributed by atoms with Gasteiger partial charge >= 0.3 is 8.60 Å². The highest BCUT2D eigenvalue weighted by Crippen LogP contribution is 2.11. The molecule has 3 N–H and O–H groups in total. The average molecular weight is 116 g/mol. The van der Waals surface area contributed by atoms with Crippen LogP contribution in [0.2, 0.25) is 0 Å². The van der Waals surface area contributed by atoms with E-state index in [-0.39, 0.29) is 9.90 Å². The summed E-state index contributed by atoms with van der Waals surface area (Å²) in [6.07, 6.45) is 0. The molecule has 0 aliphatic heterocycles. The lowest BCUT2D eigenvalue weighted by Crippen LogP contribution is -1.54. The largest absolute Gasteiger partial charge is 0.328 e. The topological polar surface area (TPSA) is 60.7 Å². The fourth-order valence-corrected chi connectivity index (χ4v) is 0. The monoisotopic (exact) mass is 116 g/mol. The molecule has 0 saturated heterocycles.